The molecule has 1 aromatic carbocycles. The van der Waals surface area contributed by atoms with E-state index in [9.17, 15) is 16.8 Å². The molecule has 0 spiro atoms. The topological polar surface area (TPSA) is 221 Å². The van der Waals surface area contributed by atoms with Crippen LogP contribution in [0.5, 0.6) is 0 Å². The molecule has 0 unspecified atom stereocenters. The normalized spacial score (nSPS) is 22.1. The van der Waals surface area contributed by atoms with Gasteiger partial charge in [0.25, 0.3) is 0 Å². The summed E-state index contributed by atoms with van der Waals surface area (Å²) in [6.07, 6.45) is 2.46. The number of nitrogens with one attached hydrogen (secondary N) is 7. The van der Waals surface area contributed by atoms with E-state index < -0.39 is 48.1 Å². The Labute approximate surface area is 195 Å². The molecule has 2 atom stereocenters. The van der Waals surface area contributed by atoms with E-state index in [1.54, 1.807) is 24.5 Å². The highest BCUT2D eigenvalue weighted by molar-refractivity contribution is 7.92. The van der Waals surface area contributed by atoms with Crippen molar-refractivity contribution in [3.05, 3.63) is 42.2 Å². The molecule has 11 N–H and O–H groups in total. The van der Waals surface area contributed by atoms with Crippen LogP contribution in [0.4, 0.5) is 0 Å². The number of primary sulfonamides is 1. The molecule has 5 rings (SSSR count). The van der Waals surface area contributed by atoms with Crippen LogP contribution in [0.25, 0.3) is 22.2 Å². The Balaban J connectivity index is 1.73. The first-order valence-electron chi connectivity index (χ1n) is 10.3. The molecule has 2 aromatic heterocycles. The molecule has 2 fully saturated rings. The highest BCUT2D eigenvalue weighted by Crippen LogP contribution is 2.37. The Morgan fingerprint density at radius 1 is 1.06 bits per heavy atom. The fraction of sp³-hybridized carbons (Fsp3) is 0.278. The van der Waals surface area contributed by atoms with Crippen LogP contribution < -0.4 is 42.8 Å². The molecule has 34 heavy (non-hydrogen) atoms. The molecule has 14 nitrogen and oxygen atoms in total. The molecule has 0 radical (unpaired) electrons. The first-order valence-corrected chi connectivity index (χ1v) is 13.3. The van der Waals surface area contributed by atoms with Crippen molar-refractivity contribution in [2.75, 3.05) is 13.1 Å². The maximum atomic E-state index is 13.4. The summed E-state index contributed by atoms with van der Waals surface area (Å²) in [4.78, 5) is 6.43. The summed E-state index contributed by atoms with van der Waals surface area (Å²) in [5.41, 5.74) is 19.4. The Kier molecular flexibility index (Phi) is 5.89. The molecular weight excluding hydrogens is 484 g/mol. The minimum atomic E-state index is -4.52. The summed E-state index contributed by atoms with van der Waals surface area (Å²) in [5, 5.41) is 8.60. The van der Waals surface area contributed by atoms with Crippen LogP contribution >= 0.6 is 0 Å². The average Bonchev–Trinajstić information content (AvgIpc) is 3.54. The van der Waals surface area contributed by atoms with Crippen molar-refractivity contribution in [2.24, 2.45) is 10.9 Å². The zero-order valence-corrected chi connectivity index (χ0v) is 19.3. The van der Waals surface area contributed by atoms with E-state index in [-0.39, 0.29) is 5.56 Å². The molecule has 0 amide bonds. The first kappa shape index (κ1) is 23.2. The summed E-state index contributed by atoms with van der Waals surface area (Å²) in [7, 11) is -8.84. The lowest BCUT2D eigenvalue weighted by Gasteiger charge is -2.23. The molecule has 0 aliphatic carbocycles. The number of aromatic amines is 1. The second kappa shape index (κ2) is 8.61. The van der Waals surface area contributed by atoms with E-state index in [0.717, 1.165) is 11.0 Å². The number of benzene rings is 1. The fourth-order valence-electron chi connectivity index (χ4n) is 4.19. The third kappa shape index (κ3) is 4.20. The van der Waals surface area contributed by atoms with E-state index in [4.69, 9.17) is 10.9 Å². The summed E-state index contributed by atoms with van der Waals surface area (Å²) in [5.74, 6) is 0. The maximum absolute atomic E-state index is 13.4. The number of H-pyrrole nitrogens is 1. The van der Waals surface area contributed by atoms with Gasteiger partial charge in [-0.1, -0.05) is 6.07 Å². The summed E-state index contributed by atoms with van der Waals surface area (Å²) < 4.78 is 54.9. The number of sulfonamides is 2. The molecule has 182 valence electrons. The van der Waals surface area contributed by atoms with Gasteiger partial charge in [0.05, 0.1) is 17.1 Å². The van der Waals surface area contributed by atoms with Gasteiger partial charge in [-0.3, -0.25) is 4.98 Å². The number of rotatable bonds is 6. The summed E-state index contributed by atoms with van der Waals surface area (Å²) >= 11 is 0. The SMILES string of the molecule is N[C@@H]1CNC[C@@H]1NS(=O)(=O)c1ccc(-c2cnc3cc[nH]c3c2)c(C2NNNN2)c1S(N)(=O)=O. The van der Waals surface area contributed by atoms with Crippen LogP contribution in [0.1, 0.15) is 11.7 Å². The predicted octanol–water partition coefficient (Wildman–Crippen LogP) is -2.43. The molecule has 16 heteroatoms. The van der Waals surface area contributed by atoms with Gasteiger partial charge in [0.2, 0.25) is 20.0 Å². The van der Waals surface area contributed by atoms with Gasteiger partial charge < -0.3 is 16.0 Å². The zero-order valence-electron chi connectivity index (χ0n) is 17.7. The van der Waals surface area contributed by atoms with Crippen LogP contribution in [-0.4, -0.2) is 52.0 Å². The second-order valence-electron chi connectivity index (χ2n) is 8.06. The van der Waals surface area contributed by atoms with Crippen molar-refractivity contribution in [2.45, 2.75) is 28.0 Å². The van der Waals surface area contributed by atoms with Gasteiger partial charge >= 0.3 is 0 Å². The molecule has 0 saturated carbocycles. The molecule has 4 heterocycles. The van der Waals surface area contributed by atoms with Crippen LogP contribution in [0.15, 0.2) is 46.5 Å². The van der Waals surface area contributed by atoms with E-state index >= 15 is 0 Å². The smallest absolute Gasteiger partial charge is 0.242 e. The van der Waals surface area contributed by atoms with Gasteiger partial charge in [-0.2, -0.15) is 11.1 Å². The van der Waals surface area contributed by atoms with Crippen LogP contribution in [-0.2, 0) is 20.0 Å². The predicted molar refractivity (Wildman–Crippen MR) is 123 cm³/mol. The number of pyridine rings is 1. The quantitative estimate of drug-likeness (QED) is 0.170. The number of hydrogen-bond donors (Lipinski definition) is 9. The van der Waals surface area contributed by atoms with Gasteiger partial charge in [0.15, 0.2) is 0 Å². The van der Waals surface area contributed by atoms with Crippen LogP contribution in [0, 0.1) is 0 Å². The molecule has 2 aliphatic rings. The van der Waals surface area contributed by atoms with Gasteiger partial charge in [-0.15, -0.1) is 0 Å². The van der Waals surface area contributed by atoms with Gasteiger partial charge in [0.1, 0.15) is 16.0 Å². The monoisotopic (exact) mass is 508 g/mol. The number of aromatic nitrogens is 2. The fourth-order valence-corrected chi connectivity index (χ4v) is 7.14. The van der Waals surface area contributed by atoms with Crippen molar-refractivity contribution in [1.29, 1.82) is 0 Å². The average molecular weight is 509 g/mol. The first-order chi connectivity index (χ1) is 16.1. The number of hydrazine groups is 3. The van der Waals surface area contributed by atoms with Crippen molar-refractivity contribution < 1.29 is 16.8 Å². The van der Waals surface area contributed by atoms with Gasteiger partial charge in [-0.25, -0.2) is 37.5 Å². The van der Waals surface area contributed by atoms with Crippen molar-refractivity contribution in [1.82, 2.24) is 41.9 Å². The lowest BCUT2D eigenvalue weighted by atomic mass is 9.99. The van der Waals surface area contributed by atoms with E-state index in [1.165, 1.54) is 12.1 Å². The largest absolute Gasteiger partial charge is 0.360 e. The number of fused-ring (bicyclic) bond motifs is 1. The molecule has 2 saturated heterocycles. The third-order valence-corrected chi connectivity index (χ3v) is 8.47. The lowest BCUT2D eigenvalue weighted by molar-refractivity contribution is 0.524. The minimum absolute atomic E-state index is 0.101. The summed E-state index contributed by atoms with van der Waals surface area (Å²) in [6, 6.07) is 5.28. The van der Waals surface area contributed by atoms with E-state index in [1.807, 2.05) is 0 Å². The molecule has 2 aliphatic heterocycles. The highest BCUT2D eigenvalue weighted by atomic mass is 32.2. The van der Waals surface area contributed by atoms with Gasteiger partial charge in [-0.05, 0) is 23.8 Å². The lowest BCUT2D eigenvalue weighted by Crippen LogP contribution is -2.47. The Morgan fingerprint density at radius 3 is 2.50 bits per heavy atom. The standard InChI is InChI=1S/C18H24N10O4S2/c19-11-7-21-8-14(11)26-34(31,32)15-2-1-10(9-5-13-12(23-6-9)3-4-22-13)16(17(15)33(20,29)30)18-24-27-28-25-18/h1-6,11,14,18,21-22,24-28H,7-8,19H2,(H2,20,29,30)/t11-,14+/m1/s1. The van der Waals surface area contributed by atoms with Crippen LogP contribution in [0.2, 0.25) is 0 Å². The van der Waals surface area contributed by atoms with E-state index in [0.29, 0.717) is 24.2 Å². The Morgan fingerprint density at radius 2 is 1.82 bits per heavy atom. The maximum Gasteiger partial charge on any atom is 0.242 e. The molecule has 0 bridgehead atoms. The Hall–Kier alpha value is -2.51. The summed E-state index contributed by atoms with van der Waals surface area (Å²) in [6.45, 7) is 0.748. The second-order valence-corrected chi connectivity index (χ2v) is 11.2. The Bertz CT molecular complexity index is 1450. The zero-order chi connectivity index (χ0) is 24.1. The third-order valence-electron chi connectivity index (χ3n) is 5.80. The minimum Gasteiger partial charge on any atom is -0.360 e. The number of hydrogen-bond acceptors (Lipinski definition) is 11. The van der Waals surface area contributed by atoms with Crippen molar-refractivity contribution >= 4 is 31.1 Å². The van der Waals surface area contributed by atoms with Crippen molar-refractivity contribution in [3.63, 3.8) is 0 Å². The van der Waals surface area contributed by atoms with Crippen LogP contribution in [0.3, 0.4) is 0 Å². The number of nitrogens with zero attached hydrogens (tertiary/aromatic N) is 1. The van der Waals surface area contributed by atoms with Gasteiger partial charge in [0, 0.05) is 42.7 Å². The van der Waals surface area contributed by atoms with Crippen molar-refractivity contribution in [3.8, 4) is 11.1 Å². The van der Waals surface area contributed by atoms with E-state index in [2.05, 4.69) is 41.9 Å². The highest BCUT2D eigenvalue weighted by Gasteiger charge is 2.36. The number of nitrogens with two attached hydrogens (primary N) is 2. The molecule has 3 aromatic rings. The molecular formula is C18H24N10O4S2.